The minimum Gasteiger partial charge on any atom is -0.478 e. The van der Waals surface area contributed by atoms with E-state index in [4.69, 9.17) is 0 Å². The predicted octanol–water partition coefficient (Wildman–Crippen LogP) is 4.30. The van der Waals surface area contributed by atoms with E-state index in [0.717, 1.165) is 26.7 Å². The molecule has 0 aliphatic rings. The Morgan fingerprint density at radius 3 is 1.62 bits per heavy atom. The van der Waals surface area contributed by atoms with Gasteiger partial charge in [0, 0.05) is 5.30 Å². The SMILES string of the molecule is O=C(O)c1cc2ccccc2cc1P(c1ccccc1)c1ccccc1. The van der Waals surface area contributed by atoms with E-state index in [1.807, 2.05) is 66.7 Å². The molecule has 0 unspecified atom stereocenters. The molecule has 0 spiro atoms. The molecule has 0 atom stereocenters. The maximum absolute atomic E-state index is 12.0. The van der Waals surface area contributed by atoms with E-state index in [1.54, 1.807) is 6.07 Å². The van der Waals surface area contributed by atoms with E-state index in [0.29, 0.717) is 5.56 Å². The van der Waals surface area contributed by atoms with Crippen LogP contribution < -0.4 is 15.9 Å². The van der Waals surface area contributed by atoms with E-state index in [9.17, 15) is 9.90 Å². The topological polar surface area (TPSA) is 37.3 Å². The Bertz CT molecular complexity index is 1020. The van der Waals surface area contributed by atoms with E-state index in [1.165, 1.54) is 0 Å². The molecular weight excluding hydrogens is 339 g/mol. The van der Waals surface area contributed by atoms with Crippen molar-refractivity contribution in [3.63, 3.8) is 0 Å². The van der Waals surface area contributed by atoms with Crippen molar-refractivity contribution in [1.82, 2.24) is 0 Å². The summed E-state index contributed by atoms with van der Waals surface area (Å²) in [5.41, 5.74) is 0.377. The monoisotopic (exact) mass is 356 g/mol. The van der Waals surface area contributed by atoms with Gasteiger partial charge < -0.3 is 5.11 Å². The number of carboxylic acids is 1. The van der Waals surface area contributed by atoms with Crippen molar-refractivity contribution >= 4 is 40.6 Å². The maximum Gasteiger partial charge on any atom is 0.336 e. The van der Waals surface area contributed by atoms with Gasteiger partial charge in [-0.1, -0.05) is 84.9 Å². The van der Waals surface area contributed by atoms with Crippen LogP contribution in [0.4, 0.5) is 0 Å². The van der Waals surface area contributed by atoms with Crippen molar-refractivity contribution in [3.05, 3.63) is 103 Å². The Morgan fingerprint density at radius 1 is 0.654 bits per heavy atom. The zero-order valence-electron chi connectivity index (χ0n) is 14.0. The summed E-state index contributed by atoms with van der Waals surface area (Å²) in [6, 6.07) is 32.1. The highest BCUT2D eigenvalue weighted by molar-refractivity contribution is 7.80. The first-order valence-electron chi connectivity index (χ1n) is 8.40. The van der Waals surface area contributed by atoms with E-state index in [-0.39, 0.29) is 0 Å². The number of rotatable bonds is 4. The highest BCUT2D eigenvalue weighted by Gasteiger charge is 2.22. The van der Waals surface area contributed by atoms with Crippen LogP contribution in [0.1, 0.15) is 10.4 Å². The van der Waals surface area contributed by atoms with Crippen LogP contribution in [-0.2, 0) is 0 Å². The fourth-order valence-electron chi connectivity index (χ4n) is 3.17. The molecule has 0 amide bonds. The Hall–Kier alpha value is -2.96. The number of carboxylic acid groups (broad SMARTS) is 1. The van der Waals surface area contributed by atoms with Crippen molar-refractivity contribution in [3.8, 4) is 0 Å². The van der Waals surface area contributed by atoms with Gasteiger partial charge in [-0.25, -0.2) is 4.79 Å². The Labute approximate surface area is 153 Å². The van der Waals surface area contributed by atoms with Crippen LogP contribution in [0.15, 0.2) is 97.1 Å². The summed E-state index contributed by atoms with van der Waals surface area (Å²) in [6.45, 7) is 0. The second-order valence-electron chi connectivity index (χ2n) is 6.03. The molecule has 0 bridgehead atoms. The molecule has 4 aromatic carbocycles. The first-order valence-corrected chi connectivity index (χ1v) is 9.74. The highest BCUT2D eigenvalue weighted by atomic mass is 31.1. The van der Waals surface area contributed by atoms with Gasteiger partial charge in [-0.3, -0.25) is 0 Å². The quantitative estimate of drug-likeness (QED) is 0.554. The zero-order chi connectivity index (χ0) is 17.9. The lowest BCUT2D eigenvalue weighted by atomic mass is 10.1. The average molecular weight is 356 g/mol. The van der Waals surface area contributed by atoms with Crippen molar-refractivity contribution in [2.24, 2.45) is 0 Å². The van der Waals surface area contributed by atoms with Crippen LogP contribution in [0.5, 0.6) is 0 Å². The number of aromatic carboxylic acids is 1. The minimum atomic E-state index is -0.953. The second-order valence-corrected chi connectivity index (χ2v) is 8.21. The molecule has 0 heterocycles. The molecule has 0 aliphatic heterocycles. The third kappa shape index (κ3) is 3.12. The van der Waals surface area contributed by atoms with Gasteiger partial charge in [-0.2, -0.15) is 0 Å². The van der Waals surface area contributed by atoms with Crippen LogP contribution in [0.25, 0.3) is 10.8 Å². The fraction of sp³-hybridized carbons (Fsp3) is 0. The molecule has 0 aliphatic carbocycles. The largest absolute Gasteiger partial charge is 0.478 e. The lowest BCUT2D eigenvalue weighted by Crippen LogP contribution is -2.25. The average Bonchev–Trinajstić information content (AvgIpc) is 2.69. The molecule has 1 N–H and O–H groups in total. The third-order valence-corrected chi connectivity index (χ3v) is 6.85. The van der Waals surface area contributed by atoms with E-state index >= 15 is 0 Å². The van der Waals surface area contributed by atoms with Crippen LogP contribution in [0, 0.1) is 0 Å². The van der Waals surface area contributed by atoms with Crippen molar-refractivity contribution in [2.45, 2.75) is 0 Å². The molecule has 4 rings (SSSR count). The van der Waals surface area contributed by atoms with Gasteiger partial charge in [0.2, 0.25) is 0 Å². The van der Waals surface area contributed by atoms with Gasteiger partial charge in [-0.15, -0.1) is 0 Å². The van der Waals surface area contributed by atoms with Gasteiger partial charge in [0.05, 0.1) is 5.56 Å². The van der Waals surface area contributed by atoms with Crippen LogP contribution in [-0.4, -0.2) is 11.1 Å². The summed E-state index contributed by atoms with van der Waals surface area (Å²) in [5, 5.41) is 15.1. The molecule has 4 aromatic rings. The Kier molecular flexibility index (Phi) is 4.51. The zero-order valence-corrected chi connectivity index (χ0v) is 14.9. The molecule has 0 radical (unpaired) electrons. The highest BCUT2D eigenvalue weighted by Crippen LogP contribution is 2.35. The van der Waals surface area contributed by atoms with Crippen LogP contribution in [0.3, 0.4) is 0 Å². The normalized spacial score (nSPS) is 11.0. The Balaban J connectivity index is 2.02. The molecule has 0 fully saturated rings. The third-order valence-electron chi connectivity index (χ3n) is 4.36. The molecule has 0 saturated carbocycles. The number of fused-ring (bicyclic) bond motifs is 1. The first-order chi connectivity index (χ1) is 12.7. The number of carbonyl (C=O) groups is 1. The molecule has 0 aromatic heterocycles. The lowest BCUT2D eigenvalue weighted by Gasteiger charge is -2.21. The van der Waals surface area contributed by atoms with Gasteiger partial charge in [0.15, 0.2) is 0 Å². The molecular formula is C23H17O2P. The van der Waals surface area contributed by atoms with Gasteiger partial charge >= 0.3 is 5.97 Å². The maximum atomic E-state index is 12.0. The molecule has 2 nitrogen and oxygen atoms in total. The lowest BCUT2D eigenvalue weighted by molar-refractivity contribution is 0.0698. The summed E-state index contributed by atoms with van der Waals surface area (Å²) in [5.74, 6) is -0.884. The smallest absolute Gasteiger partial charge is 0.336 e. The molecule has 0 saturated heterocycles. The summed E-state index contributed by atoms with van der Waals surface area (Å²) in [7, 11) is -0.953. The summed E-state index contributed by atoms with van der Waals surface area (Å²) in [6.07, 6.45) is 0. The minimum absolute atomic E-state index is 0.377. The standard InChI is InChI=1S/C23H17O2P/c24-23(25)21-15-17-9-7-8-10-18(17)16-22(21)26(19-11-3-1-4-12-19)20-13-5-2-6-14-20/h1-16H,(H,24,25). The summed E-state index contributed by atoms with van der Waals surface area (Å²) < 4.78 is 0. The van der Waals surface area contributed by atoms with Gasteiger partial charge in [0.25, 0.3) is 0 Å². The Morgan fingerprint density at radius 2 is 1.12 bits per heavy atom. The van der Waals surface area contributed by atoms with Crippen molar-refractivity contribution in [1.29, 1.82) is 0 Å². The van der Waals surface area contributed by atoms with E-state index < -0.39 is 13.9 Å². The number of hydrogen-bond acceptors (Lipinski definition) is 1. The molecule has 126 valence electrons. The summed E-state index contributed by atoms with van der Waals surface area (Å²) >= 11 is 0. The molecule has 3 heteroatoms. The number of hydrogen-bond donors (Lipinski definition) is 1. The predicted molar refractivity (Wildman–Crippen MR) is 110 cm³/mol. The van der Waals surface area contributed by atoms with Gasteiger partial charge in [-0.05, 0) is 41.4 Å². The first kappa shape index (κ1) is 16.5. The van der Waals surface area contributed by atoms with Gasteiger partial charge in [0.1, 0.15) is 0 Å². The second kappa shape index (κ2) is 7.11. The van der Waals surface area contributed by atoms with Crippen molar-refractivity contribution in [2.75, 3.05) is 0 Å². The van der Waals surface area contributed by atoms with Crippen LogP contribution >= 0.6 is 7.92 Å². The fourth-order valence-corrected chi connectivity index (χ4v) is 5.63. The van der Waals surface area contributed by atoms with Crippen LogP contribution in [0.2, 0.25) is 0 Å². The summed E-state index contributed by atoms with van der Waals surface area (Å²) in [4.78, 5) is 12.0. The van der Waals surface area contributed by atoms with Crippen molar-refractivity contribution < 1.29 is 9.90 Å². The number of benzene rings is 4. The molecule has 26 heavy (non-hydrogen) atoms. The van der Waals surface area contributed by atoms with E-state index in [2.05, 4.69) is 24.3 Å².